The van der Waals surface area contributed by atoms with E-state index in [0.717, 1.165) is 32.1 Å². The Bertz CT molecular complexity index is 211. The van der Waals surface area contributed by atoms with E-state index >= 15 is 0 Å². The van der Waals surface area contributed by atoms with Gasteiger partial charge in [-0.05, 0) is 12.8 Å². The van der Waals surface area contributed by atoms with E-state index in [-0.39, 0.29) is 13.2 Å². The first kappa shape index (κ1) is 13.9. The summed E-state index contributed by atoms with van der Waals surface area (Å²) in [6.07, 6.45) is 4.42. The minimum Gasteiger partial charge on any atom is -0.248 e. The molecular formula is C9H20O4S. The van der Waals surface area contributed by atoms with Crippen LogP contribution in [0.3, 0.4) is 0 Å². The van der Waals surface area contributed by atoms with Crippen LogP contribution in [0.15, 0.2) is 0 Å². The SMILES string of the molecule is CCCCCOS(=O)(=O)OCCCC. The minimum atomic E-state index is -3.73. The highest BCUT2D eigenvalue weighted by Gasteiger charge is 2.10. The Hall–Kier alpha value is -0.130. The molecule has 0 fully saturated rings. The number of hydrogen-bond donors (Lipinski definition) is 0. The molecule has 0 radical (unpaired) electrons. The lowest BCUT2D eigenvalue weighted by Crippen LogP contribution is -2.11. The van der Waals surface area contributed by atoms with Gasteiger partial charge in [0.1, 0.15) is 0 Å². The summed E-state index contributed by atoms with van der Waals surface area (Å²) >= 11 is 0. The van der Waals surface area contributed by atoms with Crippen LogP contribution in [0.5, 0.6) is 0 Å². The second-order valence-electron chi connectivity index (χ2n) is 3.11. The van der Waals surface area contributed by atoms with E-state index in [9.17, 15) is 8.42 Å². The second-order valence-corrected chi connectivity index (χ2v) is 4.40. The first-order chi connectivity index (χ1) is 6.62. The monoisotopic (exact) mass is 224 g/mol. The third-order valence-electron chi connectivity index (χ3n) is 1.70. The Balaban J connectivity index is 3.52. The molecule has 4 nitrogen and oxygen atoms in total. The van der Waals surface area contributed by atoms with Crippen LogP contribution in [0, 0.1) is 0 Å². The Kier molecular flexibility index (Phi) is 8.12. The molecule has 0 unspecified atom stereocenters. The van der Waals surface area contributed by atoms with Gasteiger partial charge in [-0.25, -0.2) is 8.37 Å². The molecule has 0 spiro atoms. The molecular weight excluding hydrogens is 204 g/mol. The quantitative estimate of drug-likeness (QED) is 0.564. The second kappa shape index (κ2) is 8.20. The van der Waals surface area contributed by atoms with Gasteiger partial charge in [-0.15, -0.1) is 0 Å². The zero-order valence-corrected chi connectivity index (χ0v) is 9.81. The molecule has 0 bridgehead atoms. The van der Waals surface area contributed by atoms with Crippen LogP contribution in [-0.4, -0.2) is 21.6 Å². The highest BCUT2D eigenvalue weighted by atomic mass is 32.3. The van der Waals surface area contributed by atoms with Gasteiger partial charge in [0.2, 0.25) is 0 Å². The van der Waals surface area contributed by atoms with Crippen LogP contribution in [0.25, 0.3) is 0 Å². The summed E-state index contributed by atoms with van der Waals surface area (Å²) in [6, 6.07) is 0. The topological polar surface area (TPSA) is 52.6 Å². The molecule has 0 aromatic heterocycles. The predicted octanol–water partition coefficient (Wildman–Crippen LogP) is 2.25. The van der Waals surface area contributed by atoms with E-state index in [1.54, 1.807) is 0 Å². The summed E-state index contributed by atoms with van der Waals surface area (Å²) in [4.78, 5) is 0. The number of rotatable bonds is 9. The van der Waals surface area contributed by atoms with Gasteiger partial charge < -0.3 is 0 Å². The van der Waals surface area contributed by atoms with Crippen molar-refractivity contribution < 1.29 is 16.8 Å². The maximum absolute atomic E-state index is 11.0. The Morgan fingerprint density at radius 1 is 0.857 bits per heavy atom. The fourth-order valence-corrected chi connectivity index (χ4v) is 1.56. The van der Waals surface area contributed by atoms with Crippen molar-refractivity contribution in [3.8, 4) is 0 Å². The van der Waals surface area contributed by atoms with Gasteiger partial charge in [0.15, 0.2) is 0 Å². The largest absolute Gasteiger partial charge is 0.399 e. The van der Waals surface area contributed by atoms with Crippen LogP contribution < -0.4 is 0 Å². The molecule has 0 heterocycles. The molecule has 86 valence electrons. The Morgan fingerprint density at radius 3 is 1.86 bits per heavy atom. The first-order valence-electron chi connectivity index (χ1n) is 5.16. The predicted molar refractivity (Wildman–Crippen MR) is 55.3 cm³/mol. The lowest BCUT2D eigenvalue weighted by molar-refractivity contribution is 0.209. The first-order valence-corrected chi connectivity index (χ1v) is 6.49. The van der Waals surface area contributed by atoms with Crippen LogP contribution in [0.4, 0.5) is 0 Å². The summed E-state index contributed by atoms with van der Waals surface area (Å²) in [6.45, 7) is 4.46. The normalized spacial score (nSPS) is 11.9. The molecule has 0 aliphatic carbocycles. The molecule has 5 heteroatoms. The van der Waals surface area contributed by atoms with Gasteiger partial charge in [0.05, 0.1) is 13.2 Å². The highest BCUT2D eigenvalue weighted by molar-refractivity contribution is 7.81. The summed E-state index contributed by atoms with van der Waals surface area (Å²) in [5.41, 5.74) is 0. The Morgan fingerprint density at radius 2 is 1.36 bits per heavy atom. The highest BCUT2D eigenvalue weighted by Crippen LogP contribution is 2.02. The van der Waals surface area contributed by atoms with Crippen molar-refractivity contribution >= 4 is 10.4 Å². The van der Waals surface area contributed by atoms with Gasteiger partial charge in [0, 0.05) is 0 Å². The molecule has 0 saturated heterocycles. The van der Waals surface area contributed by atoms with E-state index in [1.807, 2.05) is 13.8 Å². The van der Waals surface area contributed by atoms with Crippen LogP contribution in [0.1, 0.15) is 46.0 Å². The smallest absolute Gasteiger partial charge is 0.248 e. The summed E-state index contributed by atoms with van der Waals surface area (Å²) in [5.74, 6) is 0. The fraction of sp³-hybridized carbons (Fsp3) is 1.00. The van der Waals surface area contributed by atoms with Crippen LogP contribution in [-0.2, 0) is 18.8 Å². The van der Waals surface area contributed by atoms with Gasteiger partial charge in [-0.3, -0.25) is 0 Å². The molecule has 0 aliphatic heterocycles. The van der Waals surface area contributed by atoms with Gasteiger partial charge >= 0.3 is 10.4 Å². The van der Waals surface area contributed by atoms with Crippen molar-refractivity contribution in [3.05, 3.63) is 0 Å². The van der Waals surface area contributed by atoms with E-state index in [2.05, 4.69) is 8.37 Å². The van der Waals surface area contributed by atoms with Crippen molar-refractivity contribution in [2.45, 2.75) is 46.0 Å². The van der Waals surface area contributed by atoms with Crippen molar-refractivity contribution in [1.82, 2.24) is 0 Å². The molecule has 0 N–H and O–H groups in total. The van der Waals surface area contributed by atoms with Gasteiger partial charge in [-0.1, -0.05) is 33.1 Å². The van der Waals surface area contributed by atoms with Crippen molar-refractivity contribution in [2.24, 2.45) is 0 Å². The number of hydrogen-bond acceptors (Lipinski definition) is 4. The van der Waals surface area contributed by atoms with E-state index < -0.39 is 10.4 Å². The number of unbranched alkanes of at least 4 members (excludes halogenated alkanes) is 3. The summed E-state index contributed by atoms with van der Waals surface area (Å²) in [7, 11) is -3.73. The van der Waals surface area contributed by atoms with Gasteiger partial charge in [0.25, 0.3) is 0 Å². The molecule has 0 saturated carbocycles. The zero-order valence-electron chi connectivity index (χ0n) is 8.99. The molecule has 0 rings (SSSR count). The molecule has 0 aromatic carbocycles. The molecule has 0 amide bonds. The standard InChI is InChI=1S/C9H20O4S/c1-3-5-7-9-13-14(10,11)12-8-6-4-2/h3-9H2,1-2H3. The van der Waals surface area contributed by atoms with Crippen LogP contribution in [0.2, 0.25) is 0 Å². The van der Waals surface area contributed by atoms with Crippen molar-refractivity contribution in [1.29, 1.82) is 0 Å². The molecule has 0 aromatic rings. The maximum atomic E-state index is 11.0. The van der Waals surface area contributed by atoms with Crippen LogP contribution >= 0.6 is 0 Å². The summed E-state index contributed by atoms with van der Waals surface area (Å²) in [5, 5.41) is 0. The van der Waals surface area contributed by atoms with Crippen molar-refractivity contribution in [3.63, 3.8) is 0 Å². The van der Waals surface area contributed by atoms with E-state index in [1.165, 1.54) is 0 Å². The zero-order chi connectivity index (χ0) is 10.9. The van der Waals surface area contributed by atoms with E-state index in [4.69, 9.17) is 0 Å². The van der Waals surface area contributed by atoms with Crippen molar-refractivity contribution in [2.75, 3.05) is 13.2 Å². The Labute approximate surface area is 86.9 Å². The molecule has 0 atom stereocenters. The average molecular weight is 224 g/mol. The minimum absolute atomic E-state index is 0.215. The third kappa shape index (κ3) is 8.47. The fourth-order valence-electron chi connectivity index (χ4n) is 0.852. The van der Waals surface area contributed by atoms with E-state index in [0.29, 0.717) is 0 Å². The lowest BCUT2D eigenvalue weighted by atomic mass is 10.3. The third-order valence-corrected chi connectivity index (χ3v) is 2.61. The summed E-state index contributed by atoms with van der Waals surface area (Å²) < 4.78 is 31.3. The molecule has 0 aliphatic rings. The maximum Gasteiger partial charge on any atom is 0.399 e. The van der Waals surface area contributed by atoms with Gasteiger partial charge in [-0.2, -0.15) is 8.42 Å². The average Bonchev–Trinajstić information content (AvgIpc) is 2.13. The molecule has 14 heavy (non-hydrogen) atoms. The lowest BCUT2D eigenvalue weighted by Gasteiger charge is -2.04.